The molecular formula is C14H22N4O2S. The van der Waals surface area contributed by atoms with E-state index < -0.39 is 10.0 Å². The van der Waals surface area contributed by atoms with Gasteiger partial charge in [-0.15, -0.1) is 0 Å². The van der Waals surface area contributed by atoms with Gasteiger partial charge >= 0.3 is 0 Å². The molecule has 116 valence electrons. The monoisotopic (exact) mass is 310 g/mol. The highest BCUT2D eigenvalue weighted by atomic mass is 32.2. The molecule has 3 N–H and O–H groups in total. The first-order chi connectivity index (χ1) is 9.99. The van der Waals surface area contributed by atoms with Crippen molar-refractivity contribution in [3.63, 3.8) is 0 Å². The summed E-state index contributed by atoms with van der Waals surface area (Å²) in [6.07, 6.45) is 1.03. The molecule has 2 rings (SSSR count). The Kier molecular flexibility index (Phi) is 5.19. The first-order valence-electron chi connectivity index (χ1n) is 7.08. The molecule has 0 saturated heterocycles. The third-order valence-electron chi connectivity index (χ3n) is 3.24. The Morgan fingerprint density at radius 1 is 1.29 bits per heavy atom. The van der Waals surface area contributed by atoms with E-state index in [1.54, 1.807) is 13.0 Å². The van der Waals surface area contributed by atoms with Crippen molar-refractivity contribution >= 4 is 16.0 Å². The molecule has 1 heterocycles. The van der Waals surface area contributed by atoms with E-state index >= 15 is 0 Å². The van der Waals surface area contributed by atoms with Crippen LogP contribution in [0.15, 0.2) is 28.1 Å². The second kappa shape index (κ2) is 6.91. The lowest BCUT2D eigenvalue weighted by Crippen LogP contribution is -2.43. The van der Waals surface area contributed by atoms with E-state index in [4.69, 9.17) is 0 Å². The molecule has 0 aromatic heterocycles. The Morgan fingerprint density at radius 2 is 2.10 bits per heavy atom. The number of hydrogen-bond donors (Lipinski definition) is 3. The van der Waals surface area contributed by atoms with E-state index in [1.165, 1.54) is 0 Å². The number of benzene rings is 1. The zero-order valence-electron chi connectivity index (χ0n) is 12.4. The Bertz CT molecular complexity index is 626. The van der Waals surface area contributed by atoms with E-state index in [9.17, 15) is 8.42 Å². The Labute approximate surface area is 126 Å². The van der Waals surface area contributed by atoms with Crippen molar-refractivity contribution < 1.29 is 8.42 Å². The lowest BCUT2D eigenvalue weighted by Gasteiger charge is -2.16. The molecule has 6 nitrogen and oxygen atoms in total. The highest BCUT2D eigenvalue weighted by Gasteiger charge is 2.16. The van der Waals surface area contributed by atoms with Gasteiger partial charge in [0.1, 0.15) is 0 Å². The van der Waals surface area contributed by atoms with E-state index in [2.05, 4.69) is 20.3 Å². The van der Waals surface area contributed by atoms with Crippen LogP contribution < -0.4 is 15.4 Å². The van der Waals surface area contributed by atoms with Gasteiger partial charge in [-0.3, -0.25) is 4.99 Å². The summed E-state index contributed by atoms with van der Waals surface area (Å²) < 4.78 is 27.2. The van der Waals surface area contributed by atoms with Crippen LogP contribution in [0.1, 0.15) is 17.5 Å². The molecule has 0 fully saturated rings. The fraction of sp³-hybridized carbons (Fsp3) is 0.500. The summed E-state index contributed by atoms with van der Waals surface area (Å²) in [5.74, 6) is 0.743. The lowest BCUT2D eigenvalue weighted by molar-refractivity contribution is 0.579. The predicted octanol–water partition coefficient (Wildman–Crippen LogP) is 0.521. The minimum Gasteiger partial charge on any atom is -0.356 e. The molecule has 0 saturated carbocycles. The zero-order valence-corrected chi connectivity index (χ0v) is 13.3. The van der Waals surface area contributed by atoms with Crippen LogP contribution in [-0.4, -0.2) is 40.6 Å². The Morgan fingerprint density at radius 3 is 2.81 bits per heavy atom. The summed E-state index contributed by atoms with van der Waals surface area (Å²) in [7, 11) is -3.47. The molecule has 0 atom stereocenters. The van der Waals surface area contributed by atoms with Crippen LogP contribution in [0.2, 0.25) is 0 Å². The minimum atomic E-state index is -3.47. The van der Waals surface area contributed by atoms with Gasteiger partial charge in [0.25, 0.3) is 0 Å². The fourth-order valence-electron chi connectivity index (χ4n) is 2.09. The molecule has 1 aromatic carbocycles. The van der Waals surface area contributed by atoms with Gasteiger partial charge in [0.2, 0.25) is 10.0 Å². The minimum absolute atomic E-state index is 0.316. The quantitative estimate of drug-likeness (QED) is 0.693. The third kappa shape index (κ3) is 4.44. The van der Waals surface area contributed by atoms with Crippen molar-refractivity contribution in [2.75, 3.05) is 26.2 Å². The largest absolute Gasteiger partial charge is 0.356 e. The van der Waals surface area contributed by atoms with E-state index in [-0.39, 0.29) is 0 Å². The maximum absolute atomic E-state index is 12.3. The first kappa shape index (κ1) is 15.8. The molecule has 0 bridgehead atoms. The van der Waals surface area contributed by atoms with Crippen LogP contribution in [0.5, 0.6) is 0 Å². The molecule has 0 radical (unpaired) electrons. The number of aryl methyl sites for hydroxylation is 2. The number of nitrogens with zero attached hydrogens (tertiary/aromatic N) is 1. The van der Waals surface area contributed by atoms with Gasteiger partial charge in [-0.1, -0.05) is 12.1 Å². The van der Waals surface area contributed by atoms with Gasteiger partial charge in [0.05, 0.1) is 4.90 Å². The van der Waals surface area contributed by atoms with Gasteiger partial charge in [-0.2, -0.15) is 0 Å². The van der Waals surface area contributed by atoms with Gasteiger partial charge in [-0.05, 0) is 37.5 Å². The fourth-order valence-corrected chi connectivity index (χ4v) is 3.45. The third-order valence-corrected chi connectivity index (χ3v) is 4.84. The SMILES string of the molecule is Cc1ccc(C)c(S(=O)(=O)NCCNC2=NCCCN2)c1. The van der Waals surface area contributed by atoms with Crippen LogP contribution in [0.3, 0.4) is 0 Å². The Hall–Kier alpha value is -1.60. The van der Waals surface area contributed by atoms with E-state index in [1.807, 2.05) is 19.1 Å². The maximum Gasteiger partial charge on any atom is 0.240 e. The number of guanidine groups is 1. The number of aliphatic imine (C=N–C) groups is 1. The van der Waals surface area contributed by atoms with E-state index in [0.717, 1.165) is 36.6 Å². The molecule has 0 aliphatic carbocycles. The molecule has 0 spiro atoms. The summed E-state index contributed by atoms with van der Waals surface area (Å²) in [4.78, 5) is 4.61. The van der Waals surface area contributed by atoms with Crippen LogP contribution >= 0.6 is 0 Å². The van der Waals surface area contributed by atoms with Crippen LogP contribution in [0.4, 0.5) is 0 Å². The van der Waals surface area contributed by atoms with Crippen molar-refractivity contribution in [3.05, 3.63) is 29.3 Å². The second-order valence-corrected chi connectivity index (χ2v) is 6.84. The molecule has 7 heteroatoms. The summed E-state index contributed by atoms with van der Waals surface area (Å²) in [6, 6.07) is 5.42. The molecule has 0 unspecified atom stereocenters. The van der Waals surface area contributed by atoms with Crippen molar-refractivity contribution in [3.8, 4) is 0 Å². The summed E-state index contributed by atoms with van der Waals surface area (Å²) in [5.41, 5.74) is 1.68. The summed E-state index contributed by atoms with van der Waals surface area (Å²) >= 11 is 0. The molecular weight excluding hydrogens is 288 g/mol. The van der Waals surface area contributed by atoms with Crippen molar-refractivity contribution in [1.29, 1.82) is 0 Å². The van der Waals surface area contributed by atoms with Crippen molar-refractivity contribution in [2.24, 2.45) is 4.99 Å². The van der Waals surface area contributed by atoms with Gasteiger partial charge in [0.15, 0.2) is 5.96 Å². The summed E-state index contributed by atoms with van der Waals surface area (Å²) in [6.45, 7) is 6.20. The second-order valence-electron chi connectivity index (χ2n) is 5.10. The zero-order chi connectivity index (χ0) is 15.3. The van der Waals surface area contributed by atoms with Crippen LogP contribution in [-0.2, 0) is 10.0 Å². The highest BCUT2D eigenvalue weighted by Crippen LogP contribution is 2.16. The topological polar surface area (TPSA) is 82.6 Å². The van der Waals surface area contributed by atoms with Gasteiger partial charge in [-0.25, -0.2) is 13.1 Å². The average Bonchev–Trinajstić information content (AvgIpc) is 2.47. The number of nitrogens with one attached hydrogen (secondary N) is 3. The number of rotatable bonds is 5. The Balaban J connectivity index is 1.89. The molecule has 1 aromatic rings. The van der Waals surface area contributed by atoms with Crippen molar-refractivity contribution in [1.82, 2.24) is 15.4 Å². The molecule has 1 aliphatic rings. The van der Waals surface area contributed by atoms with Crippen LogP contribution in [0, 0.1) is 13.8 Å². The van der Waals surface area contributed by atoms with Crippen molar-refractivity contribution in [2.45, 2.75) is 25.2 Å². The number of hydrogen-bond acceptors (Lipinski definition) is 5. The molecule has 21 heavy (non-hydrogen) atoms. The van der Waals surface area contributed by atoms with Crippen LogP contribution in [0.25, 0.3) is 0 Å². The van der Waals surface area contributed by atoms with Gasteiger partial charge in [0, 0.05) is 26.2 Å². The highest BCUT2D eigenvalue weighted by molar-refractivity contribution is 7.89. The molecule has 1 aliphatic heterocycles. The smallest absolute Gasteiger partial charge is 0.240 e. The predicted molar refractivity (Wildman–Crippen MR) is 84.0 cm³/mol. The number of sulfonamides is 1. The average molecular weight is 310 g/mol. The van der Waals surface area contributed by atoms with Gasteiger partial charge < -0.3 is 10.6 Å². The standard InChI is InChI=1S/C14H22N4O2S/c1-11-4-5-12(2)13(10-11)21(19,20)18-9-8-17-14-15-6-3-7-16-14/h4-5,10,18H,3,6-9H2,1-2H3,(H2,15,16,17). The first-order valence-corrected chi connectivity index (χ1v) is 8.56. The normalized spacial score (nSPS) is 15.2. The van der Waals surface area contributed by atoms with E-state index in [0.29, 0.717) is 18.0 Å². The molecule has 0 amide bonds. The maximum atomic E-state index is 12.3. The summed E-state index contributed by atoms with van der Waals surface area (Å²) in [5, 5.41) is 6.21. The lowest BCUT2D eigenvalue weighted by atomic mass is 10.2.